The molecule has 0 N–H and O–H groups in total. The van der Waals surface area contributed by atoms with Crippen molar-refractivity contribution in [2.24, 2.45) is 0 Å². The second-order valence-corrected chi connectivity index (χ2v) is 9.59. The van der Waals surface area contributed by atoms with Crippen LogP contribution in [0.5, 0.6) is 0 Å². The quantitative estimate of drug-likeness (QED) is 0.513. The molecule has 0 spiro atoms. The van der Waals surface area contributed by atoms with Gasteiger partial charge in [0.25, 0.3) is 5.69 Å². The minimum absolute atomic E-state index is 0.0104. The number of non-ortho nitro benzene ring substituents is 1. The van der Waals surface area contributed by atoms with Gasteiger partial charge in [0.2, 0.25) is 10.0 Å². The maximum Gasteiger partial charge on any atom is 0.271 e. The molecule has 146 valence electrons. The minimum Gasteiger partial charge on any atom is -0.377 e. The van der Waals surface area contributed by atoms with Crippen LogP contribution in [0.15, 0.2) is 34.5 Å². The SMILES string of the molecule is Cc1cc([N+](=O)[O-])cc(S(=O)(=O)N(Cc2cccs2)CC2CCCO2)c1C. The van der Waals surface area contributed by atoms with Gasteiger partial charge in [-0.25, -0.2) is 8.42 Å². The Labute approximate surface area is 162 Å². The monoisotopic (exact) mass is 410 g/mol. The van der Waals surface area contributed by atoms with Crippen molar-refractivity contribution >= 4 is 27.0 Å². The Hall–Kier alpha value is -1.81. The number of sulfonamides is 1. The average Bonchev–Trinajstić information content (AvgIpc) is 3.30. The van der Waals surface area contributed by atoms with E-state index in [9.17, 15) is 18.5 Å². The molecule has 0 radical (unpaired) electrons. The van der Waals surface area contributed by atoms with Gasteiger partial charge < -0.3 is 4.74 Å². The van der Waals surface area contributed by atoms with Gasteiger partial charge in [-0.1, -0.05) is 6.07 Å². The lowest BCUT2D eigenvalue weighted by atomic mass is 10.1. The van der Waals surface area contributed by atoms with Crippen molar-refractivity contribution in [3.63, 3.8) is 0 Å². The third-order valence-corrected chi connectivity index (χ3v) is 7.58. The summed E-state index contributed by atoms with van der Waals surface area (Å²) in [5.41, 5.74) is 0.893. The lowest BCUT2D eigenvalue weighted by Gasteiger charge is -2.25. The molecule has 7 nitrogen and oxygen atoms in total. The van der Waals surface area contributed by atoms with Gasteiger partial charge in [-0.3, -0.25) is 10.1 Å². The van der Waals surface area contributed by atoms with E-state index in [2.05, 4.69) is 0 Å². The molecule has 9 heteroatoms. The number of nitrogens with zero attached hydrogens (tertiary/aromatic N) is 2. The largest absolute Gasteiger partial charge is 0.377 e. The number of benzene rings is 1. The van der Waals surface area contributed by atoms with Crippen LogP contribution in [0.3, 0.4) is 0 Å². The van der Waals surface area contributed by atoms with Crippen LogP contribution in [0.4, 0.5) is 5.69 Å². The van der Waals surface area contributed by atoms with Gasteiger partial charge in [0.05, 0.1) is 15.9 Å². The highest BCUT2D eigenvalue weighted by molar-refractivity contribution is 7.89. The Bertz CT molecular complexity index is 919. The lowest BCUT2D eigenvalue weighted by molar-refractivity contribution is -0.385. The Morgan fingerprint density at radius 2 is 2.15 bits per heavy atom. The first-order valence-electron chi connectivity index (χ1n) is 8.69. The van der Waals surface area contributed by atoms with E-state index in [1.54, 1.807) is 13.8 Å². The molecule has 0 aliphatic carbocycles. The van der Waals surface area contributed by atoms with Crippen molar-refractivity contribution < 1.29 is 18.1 Å². The zero-order valence-electron chi connectivity index (χ0n) is 15.3. The predicted molar refractivity (Wildman–Crippen MR) is 103 cm³/mol. The van der Waals surface area contributed by atoms with Crippen LogP contribution < -0.4 is 0 Å². The van der Waals surface area contributed by atoms with Crippen LogP contribution in [0.1, 0.15) is 28.8 Å². The van der Waals surface area contributed by atoms with Crippen LogP contribution in [-0.4, -0.2) is 36.9 Å². The summed E-state index contributed by atoms with van der Waals surface area (Å²) < 4.78 is 33.9. The van der Waals surface area contributed by atoms with Crippen LogP contribution in [0.25, 0.3) is 0 Å². The Kier molecular flexibility index (Phi) is 5.95. The second-order valence-electron chi connectivity index (χ2n) is 6.65. The highest BCUT2D eigenvalue weighted by Gasteiger charge is 2.32. The van der Waals surface area contributed by atoms with E-state index < -0.39 is 14.9 Å². The first kappa shape index (κ1) is 19.9. The molecule has 1 atom stereocenters. The van der Waals surface area contributed by atoms with E-state index in [0.29, 0.717) is 17.7 Å². The van der Waals surface area contributed by atoms with Crippen molar-refractivity contribution in [1.82, 2.24) is 4.31 Å². The summed E-state index contributed by atoms with van der Waals surface area (Å²) in [6.07, 6.45) is 1.57. The topological polar surface area (TPSA) is 89.8 Å². The number of ether oxygens (including phenoxy) is 1. The van der Waals surface area contributed by atoms with Gasteiger partial charge in [0.1, 0.15) is 0 Å². The Morgan fingerprint density at radius 1 is 1.37 bits per heavy atom. The summed E-state index contributed by atoms with van der Waals surface area (Å²) in [6.45, 7) is 4.46. The highest BCUT2D eigenvalue weighted by atomic mass is 32.2. The molecule has 1 aliphatic rings. The standard InChI is InChI=1S/C18H22N2O5S2/c1-13-9-15(20(21)22)10-18(14(13)2)27(23,24)19(11-16-5-3-7-25-16)12-17-6-4-8-26-17/h4,6,8-10,16H,3,5,7,11-12H2,1-2H3. The van der Waals surface area contributed by atoms with Gasteiger partial charge >= 0.3 is 0 Å². The molecule has 0 saturated carbocycles. The molecule has 2 aromatic rings. The fourth-order valence-electron chi connectivity index (χ4n) is 3.16. The first-order chi connectivity index (χ1) is 12.8. The molecule has 2 heterocycles. The highest BCUT2D eigenvalue weighted by Crippen LogP contribution is 2.30. The van der Waals surface area contributed by atoms with Crippen molar-refractivity contribution in [3.05, 3.63) is 55.8 Å². The number of nitro benzene ring substituents is 1. The third-order valence-electron chi connectivity index (χ3n) is 4.78. The van der Waals surface area contributed by atoms with Crippen LogP contribution in [0.2, 0.25) is 0 Å². The molecule has 1 aromatic carbocycles. The molecule has 0 bridgehead atoms. The number of hydrogen-bond acceptors (Lipinski definition) is 6. The van der Waals surface area contributed by atoms with E-state index in [0.717, 1.165) is 23.8 Å². The van der Waals surface area contributed by atoms with E-state index in [-0.39, 0.29) is 29.8 Å². The van der Waals surface area contributed by atoms with Gasteiger partial charge in [0.15, 0.2) is 0 Å². The van der Waals surface area contributed by atoms with Crippen molar-refractivity contribution in [3.8, 4) is 0 Å². The average molecular weight is 411 g/mol. The maximum atomic E-state index is 13.4. The first-order valence-corrected chi connectivity index (χ1v) is 11.0. The molecule has 1 fully saturated rings. The zero-order chi connectivity index (χ0) is 19.6. The Morgan fingerprint density at radius 3 is 2.74 bits per heavy atom. The summed E-state index contributed by atoms with van der Waals surface area (Å²) in [5.74, 6) is 0. The summed E-state index contributed by atoms with van der Waals surface area (Å²) in [5, 5.41) is 13.1. The fourth-order valence-corrected chi connectivity index (χ4v) is 5.73. The maximum absolute atomic E-state index is 13.4. The van der Waals surface area contributed by atoms with Crippen molar-refractivity contribution in [1.29, 1.82) is 0 Å². The molecule has 0 amide bonds. The van der Waals surface area contributed by atoms with E-state index in [1.807, 2.05) is 17.5 Å². The fraction of sp³-hybridized carbons (Fsp3) is 0.444. The summed E-state index contributed by atoms with van der Waals surface area (Å²) in [7, 11) is -3.92. The van der Waals surface area contributed by atoms with E-state index in [1.165, 1.54) is 21.7 Å². The molecule has 1 unspecified atom stereocenters. The molecule has 1 aromatic heterocycles. The zero-order valence-corrected chi connectivity index (χ0v) is 16.9. The van der Waals surface area contributed by atoms with E-state index >= 15 is 0 Å². The number of rotatable bonds is 7. The predicted octanol–water partition coefficient (Wildman–Crippen LogP) is 3.64. The summed E-state index contributed by atoms with van der Waals surface area (Å²) in [6, 6.07) is 6.32. The van der Waals surface area contributed by atoms with Crippen LogP contribution in [-0.2, 0) is 21.3 Å². The molecule has 1 aliphatic heterocycles. The summed E-state index contributed by atoms with van der Waals surface area (Å²) in [4.78, 5) is 11.6. The van der Waals surface area contributed by atoms with Crippen molar-refractivity contribution in [2.75, 3.05) is 13.2 Å². The molecule has 3 rings (SSSR count). The second kappa shape index (κ2) is 8.05. The molecular formula is C18H22N2O5S2. The number of aryl methyl sites for hydroxylation is 1. The smallest absolute Gasteiger partial charge is 0.271 e. The molecular weight excluding hydrogens is 388 g/mol. The van der Waals surface area contributed by atoms with Gasteiger partial charge in [-0.2, -0.15) is 4.31 Å². The molecule has 1 saturated heterocycles. The third kappa shape index (κ3) is 4.37. The van der Waals surface area contributed by atoms with Crippen molar-refractivity contribution in [2.45, 2.75) is 44.2 Å². The number of hydrogen-bond donors (Lipinski definition) is 0. The van der Waals surface area contributed by atoms with E-state index in [4.69, 9.17) is 4.74 Å². The normalized spacial score (nSPS) is 17.5. The van der Waals surface area contributed by atoms with Crippen LogP contribution >= 0.6 is 11.3 Å². The van der Waals surface area contributed by atoms with Crippen LogP contribution in [0, 0.1) is 24.0 Å². The summed E-state index contributed by atoms with van der Waals surface area (Å²) >= 11 is 1.48. The van der Waals surface area contributed by atoms with Gasteiger partial charge in [0, 0.05) is 36.7 Å². The van der Waals surface area contributed by atoms with Gasteiger partial charge in [-0.05, 0) is 49.3 Å². The Balaban J connectivity index is 2.02. The number of thiophene rings is 1. The number of nitro groups is 1. The lowest BCUT2D eigenvalue weighted by Crippen LogP contribution is -2.37. The molecule has 27 heavy (non-hydrogen) atoms. The minimum atomic E-state index is -3.92. The van der Waals surface area contributed by atoms with Gasteiger partial charge in [-0.15, -0.1) is 11.3 Å².